The van der Waals surface area contributed by atoms with E-state index in [9.17, 15) is 4.79 Å². The zero-order chi connectivity index (χ0) is 15.7. The van der Waals surface area contributed by atoms with Gasteiger partial charge in [-0.15, -0.1) is 0 Å². The van der Waals surface area contributed by atoms with Gasteiger partial charge in [0.25, 0.3) is 0 Å². The van der Waals surface area contributed by atoms with Gasteiger partial charge >= 0.3 is 6.09 Å². The zero-order valence-electron chi connectivity index (χ0n) is 13.0. The summed E-state index contributed by atoms with van der Waals surface area (Å²) in [5.74, 6) is 1.57. The molecule has 0 aromatic heterocycles. The average Bonchev–Trinajstić information content (AvgIpc) is 2.51. The van der Waals surface area contributed by atoms with E-state index in [2.05, 4.69) is 12.2 Å². The highest BCUT2D eigenvalue weighted by Crippen LogP contribution is 2.38. The third-order valence-electron chi connectivity index (χ3n) is 2.89. The van der Waals surface area contributed by atoms with Crippen LogP contribution in [0.5, 0.6) is 17.2 Å². The van der Waals surface area contributed by atoms with E-state index in [0.29, 0.717) is 23.8 Å². The Hall–Kier alpha value is -2.11. The Labute approximate surface area is 125 Å². The Kier molecular flexibility index (Phi) is 7.21. The number of hydrogen-bond acceptors (Lipinski definition) is 5. The van der Waals surface area contributed by atoms with Crippen molar-refractivity contribution in [2.45, 2.75) is 26.4 Å². The minimum Gasteiger partial charge on any atom is -0.493 e. The number of amides is 1. The third-order valence-corrected chi connectivity index (χ3v) is 2.89. The number of rotatable bonds is 8. The minimum atomic E-state index is -0.433. The van der Waals surface area contributed by atoms with E-state index in [4.69, 9.17) is 18.9 Å². The Morgan fingerprint density at radius 1 is 1.10 bits per heavy atom. The SMILES string of the molecule is CCCCNC(=O)OCc1cc(OC)c(OC)c(OC)c1. The number of carbonyl (C=O) groups excluding carboxylic acids is 1. The molecule has 0 aliphatic heterocycles. The summed E-state index contributed by atoms with van der Waals surface area (Å²) >= 11 is 0. The first-order valence-electron chi connectivity index (χ1n) is 6.85. The van der Waals surface area contributed by atoms with Crippen molar-refractivity contribution >= 4 is 6.09 Å². The molecule has 0 saturated heterocycles. The van der Waals surface area contributed by atoms with Crippen LogP contribution < -0.4 is 19.5 Å². The highest BCUT2D eigenvalue weighted by Gasteiger charge is 2.14. The smallest absolute Gasteiger partial charge is 0.407 e. The molecule has 0 fully saturated rings. The van der Waals surface area contributed by atoms with Crippen molar-refractivity contribution in [3.8, 4) is 17.2 Å². The summed E-state index contributed by atoms with van der Waals surface area (Å²) in [6, 6.07) is 3.50. The monoisotopic (exact) mass is 297 g/mol. The molecule has 1 N–H and O–H groups in total. The second-order valence-corrected chi connectivity index (χ2v) is 4.39. The summed E-state index contributed by atoms with van der Waals surface area (Å²) in [5.41, 5.74) is 0.759. The second-order valence-electron chi connectivity index (χ2n) is 4.39. The topological polar surface area (TPSA) is 66.0 Å². The van der Waals surface area contributed by atoms with Gasteiger partial charge in [0, 0.05) is 6.54 Å². The Balaban J connectivity index is 2.69. The molecule has 1 rings (SSSR count). The molecule has 0 heterocycles. The number of alkyl carbamates (subject to hydrolysis) is 1. The molecule has 6 nitrogen and oxygen atoms in total. The number of carbonyl (C=O) groups is 1. The quantitative estimate of drug-likeness (QED) is 0.747. The molecular formula is C15H23NO5. The van der Waals surface area contributed by atoms with E-state index >= 15 is 0 Å². The van der Waals surface area contributed by atoms with Gasteiger partial charge in [0.2, 0.25) is 5.75 Å². The minimum absolute atomic E-state index is 0.134. The molecule has 0 aliphatic rings. The van der Waals surface area contributed by atoms with Crippen molar-refractivity contribution in [1.82, 2.24) is 5.32 Å². The zero-order valence-corrected chi connectivity index (χ0v) is 13.0. The highest BCUT2D eigenvalue weighted by atomic mass is 16.5. The van der Waals surface area contributed by atoms with E-state index in [0.717, 1.165) is 18.4 Å². The second kappa shape index (κ2) is 8.94. The fourth-order valence-corrected chi connectivity index (χ4v) is 1.79. The van der Waals surface area contributed by atoms with Gasteiger partial charge in [-0.2, -0.15) is 0 Å². The maximum atomic E-state index is 11.5. The van der Waals surface area contributed by atoms with Crippen molar-refractivity contribution in [2.24, 2.45) is 0 Å². The Morgan fingerprint density at radius 3 is 2.19 bits per heavy atom. The van der Waals surface area contributed by atoms with Crippen LogP contribution in [-0.4, -0.2) is 34.0 Å². The van der Waals surface area contributed by atoms with Gasteiger partial charge in [-0.1, -0.05) is 13.3 Å². The molecule has 0 unspecified atom stereocenters. The molecule has 21 heavy (non-hydrogen) atoms. The summed E-state index contributed by atoms with van der Waals surface area (Å²) in [5, 5.41) is 2.69. The van der Waals surface area contributed by atoms with Crippen molar-refractivity contribution in [1.29, 1.82) is 0 Å². The molecular weight excluding hydrogens is 274 g/mol. The molecule has 1 amide bonds. The Bertz CT molecular complexity index is 436. The lowest BCUT2D eigenvalue weighted by Gasteiger charge is -2.14. The van der Waals surface area contributed by atoms with Gasteiger partial charge in [0.15, 0.2) is 11.5 Å². The number of benzene rings is 1. The van der Waals surface area contributed by atoms with Gasteiger partial charge in [0.05, 0.1) is 21.3 Å². The predicted octanol–water partition coefficient (Wildman–Crippen LogP) is 2.74. The molecule has 0 atom stereocenters. The summed E-state index contributed by atoms with van der Waals surface area (Å²) in [7, 11) is 4.62. The summed E-state index contributed by atoms with van der Waals surface area (Å²) in [6.45, 7) is 2.81. The number of hydrogen-bond donors (Lipinski definition) is 1. The van der Waals surface area contributed by atoms with Crippen LogP contribution in [-0.2, 0) is 11.3 Å². The molecule has 118 valence electrons. The van der Waals surface area contributed by atoms with E-state index in [1.54, 1.807) is 26.4 Å². The average molecular weight is 297 g/mol. The van der Waals surface area contributed by atoms with Crippen molar-refractivity contribution in [2.75, 3.05) is 27.9 Å². The lowest BCUT2D eigenvalue weighted by molar-refractivity contribution is 0.139. The number of nitrogens with one attached hydrogen (secondary N) is 1. The van der Waals surface area contributed by atoms with Crippen molar-refractivity contribution in [3.63, 3.8) is 0 Å². The molecule has 0 bridgehead atoms. The fourth-order valence-electron chi connectivity index (χ4n) is 1.79. The summed E-state index contributed by atoms with van der Waals surface area (Å²) in [4.78, 5) is 11.5. The van der Waals surface area contributed by atoms with Gasteiger partial charge in [-0.3, -0.25) is 0 Å². The maximum absolute atomic E-state index is 11.5. The van der Waals surface area contributed by atoms with Gasteiger partial charge in [-0.05, 0) is 24.1 Å². The van der Waals surface area contributed by atoms with Crippen LogP contribution in [0.25, 0.3) is 0 Å². The first-order valence-corrected chi connectivity index (χ1v) is 6.85. The molecule has 6 heteroatoms. The largest absolute Gasteiger partial charge is 0.493 e. The molecule has 0 radical (unpaired) electrons. The lowest BCUT2D eigenvalue weighted by atomic mass is 10.2. The van der Waals surface area contributed by atoms with Crippen molar-refractivity contribution < 1.29 is 23.7 Å². The lowest BCUT2D eigenvalue weighted by Crippen LogP contribution is -2.25. The van der Waals surface area contributed by atoms with Gasteiger partial charge in [-0.25, -0.2) is 4.79 Å². The standard InChI is InChI=1S/C15H23NO5/c1-5-6-7-16-15(17)21-10-11-8-12(18-2)14(20-4)13(9-11)19-3/h8-9H,5-7,10H2,1-4H3,(H,16,17). The van der Waals surface area contributed by atoms with Crippen LogP contribution in [0.15, 0.2) is 12.1 Å². The maximum Gasteiger partial charge on any atom is 0.407 e. The van der Waals surface area contributed by atoms with E-state index in [-0.39, 0.29) is 6.61 Å². The molecule has 1 aromatic rings. The summed E-state index contributed by atoms with van der Waals surface area (Å²) < 4.78 is 20.9. The normalized spacial score (nSPS) is 9.90. The first kappa shape index (κ1) is 16.9. The molecule has 0 spiro atoms. The van der Waals surface area contributed by atoms with Crippen molar-refractivity contribution in [3.05, 3.63) is 17.7 Å². The van der Waals surface area contributed by atoms with E-state index in [1.165, 1.54) is 7.11 Å². The molecule has 0 saturated carbocycles. The first-order chi connectivity index (χ1) is 10.2. The number of unbranched alkanes of at least 4 members (excludes halogenated alkanes) is 1. The predicted molar refractivity (Wildman–Crippen MR) is 79.2 cm³/mol. The number of methoxy groups -OCH3 is 3. The molecule has 1 aromatic carbocycles. The molecule has 0 aliphatic carbocycles. The van der Waals surface area contributed by atoms with Crippen LogP contribution in [0.2, 0.25) is 0 Å². The van der Waals surface area contributed by atoms with Gasteiger partial charge < -0.3 is 24.3 Å². The highest BCUT2D eigenvalue weighted by molar-refractivity contribution is 5.67. The van der Waals surface area contributed by atoms with Crippen LogP contribution in [0.4, 0.5) is 4.79 Å². The Morgan fingerprint density at radius 2 is 1.71 bits per heavy atom. The van der Waals surface area contributed by atoms with Crippen LogP contribution in [0.3, 0.4) is 0 Å². The van der Waals surface area contributed by atoms with Gasteiger partial charge in [0.1, 0.15) is 6.61 Å². The fraction of sp³-hybridized carbons (Fsp3) is 0.533. The van der Waals surface area contributed by atoms with Crippen LogP contribution >= 0.6 is 0 Å². The number of ether oxygens (including phenoxy) is 4. The van der Waals surface area contributed by atoms with E-state index < -0.39 is 6.09 Å². The summed E-state index contributed by atoms with van der Waals surface area (Å²) in [6.07, 6.45) is 1.52. The third kappa shape index (κ3) is 5.06. The van der Waals surface area contributed by atoms with Crippen LogP contribution in [0, 0.1) is 0 Å². The van der Waals surface area contributed by atoms with E-state index in [1.807, 2.05) is 0 Å². The van der Waals surface area contributed by atoms with Crippen LogP contribution in [0.1, 0.15) is 25.3 Å².